The van der Waals surface area contributed by atoms with E-state index < -0.39 is 0 Å². The molecule has 0 radical (unpaired) electrons. The summed E-state index contributed by atoms with van der Waals surface area (Å²) in [7, 11) is 3.46. The van der Waals surface area contributed by atoms with Crippen LogP contribution in [-0.4, -0.2) is 50.6 Å². The number of nitrogens with one attached hydrogen (secondary N) is 2. The highest BCUT2D eigenvalue weighted by molar-refractivity contribution is 14.0. The van der Waals surface area contributed by atoms with Crippen LogP contribution < -0.4 is 15.4 Å². The number of benzene rings is 1. The number of nitrogens with zero attached hydrogens (tertiary/aromatic N) is 2. The van der Waals surface area contributed by atoms with Gasteiger partial charge in [-0.3, -0.25) is 4.79 Å². The van der Waals surface area contributed by atoms with E-state index in [1.165, 1.54) is 0 Å². The third-order valence-corrected chi connectivity index (χ3v) is 2.93. The minimum atomic E-state index is 0. The number of rotatable bonds is 7. The number of halogens is 1. The molecule has 0 fully saturated rings. The molecule has 0 aliphatic rings. The van der Waals surface area contributed by atoms with Crippen LogP contribution >= 0.6 is 24.0 Å². The van der Waals surface area contributed by atoms with E-state index in [4.69, 9.17) is 4.74 Å². The van der Waals surface area contributed by atoms with Crippen molar-refractivity contribution in [2.45, 2.75) is 20.4 Å². The Morgan fingerprint density at radius 2 is 1.91 bits per heavy atom. The van der Waals surface area contributed by atoms with Crippen molar-refractivity contribution in [2.24, 2.45) is 4.99 Å². The molecule has 2 N–H and O–H groups in total. The van der Waals surface area contributed by atoms with Gasteiger partial charge >= 0.3 is 0 Å². The number of carbonyl (C=O) groups excluding carboxylic acids is 1. The second kappa shape index (κ2) is 12.0. The predicted octanol–water partition coefficient (Wildman–Crippen LogP) is 1.85. The Morgan fingerprint density at radius 1 is 1.22 bits per heavy atom. The molecular formula is C16H27IN4O2. The van der Waals surface area contributed by atoms with Gasteiger partial charge in [-0.2, -0.15) is 0 Å². The van der Waals surface area contributed by atoms with Gasteiger partial charge in [-0.1, -0.05) is 18.2 Å². The van der Waals surface area contributed by atoms with Crippen LogP contribution in [0.15, 0.2) is 29.3 Å². The average Bonchev–Trinajstić information content (AvgIpc) is 2.51. The van der Waals surface area contributed by atoms with Crippen LogP contribution in [0.4, 0.5) is 0 Å². The summed E-state index contributed by atoms with van der Waals surface area (Å²) in [6, 6.07) is 7.83. The van der Waals surface area contributed by atoms with E-state index in [1.54, 1.807) is 19.0 Å². The molecule has 0 saturated carbocycles. The second-order valence-corrected chi connectivity index (χ2v) is 4.88. The zero-order valence-corrected chi connectivity index (χ0v) is 16.6. The first-order valence-electron chi connectivity index (χ1n) is 7.51. The lowest BCUT2D eigenvalue weighted by Crippen LogP contribution is -2.42. The SMILES string of the molecule is CCNC(=NCc1ccccc1OCC)NCC(=O)N(C)C.I. The minimum absolute atomic E-state index is 0. The summed E-state index contributed by atoms with van der Waals surface area (Å²) >= 11 is 0. The third-order valence-electron chi connectivity index (χ3n) is 2.93. The Bertz CT molecular complexity index is 507. The quantitative estimate of drug-likeness (QED) is 0.391. The van der Waals surface area contributed by atoms with Crippen molar-refractivity contribution < 1.29 is 9.53 Å². The van der Waals surface area contributed by atoms with E-state index in [9.17, 15) is 4.79 Å². The highest BCUT2D eigenvalue weighted by Gasteiger charge is 2.06. The number of carbonyl (C=O) groups is 1. The van der Waals surface area contributed by atoms with Crippen molar-refractivity contribution in [3.8, 4) is 5.75 Å². The van der Waals surface area contributed by atoms with Crippen molar-refractivity contribution in [3.63, 3.8) is 0 Å². The molecule has 1 aromatic carbocycles. The van der Waals surface area contributed by atoms with Gasteiger partial charge in [-0.15, -0.1) is 24.0 Å². The van der Waals surface area contributed by atoms with Gasteiger partial charge in [0.2, 0.25) is 5.91 Å². The van der Waals surface area contributed by atoms with Crippen molar-refractivity contribution in [1.82, 2.24) is 15.5 Å². The van der Waals surface area contributed by atoms with Gasteiger partial charge in [0.25, 0.3) is 0 Å². The van der Waals surface area contributed by atoms with Crippen LogP contribution in [0.3, 0.4) is 0 Å². The number of ether oxygens (including phenoxy) is 1. The second-order valence-electron chi connectivity index (χ2n) is 4.88. The fourth-order valence-electron chi connectivity index (χ4n) is 1.75. The number of hydrogen-bond donors (Lipinski definition) is 2. The molecule has 0 atom stereocenters. The highest BCUT2D eigenvalue weighted by Crippen LogP contribution is 2.18. The van der Waals surface area contributed by atoms with Gasteiger partial charge < -0.3 is 20.3 Å². The maximum absolute atomic E-state index is 11.6. The smallest absolute Gasteiger partial charge is 0.241 e. The van der Waals surface area contributed by atoms with Crippen LogP contribution in [-0.2, 0) is 11.3 Å². The molecular weight excluding hydrogens is 407 g/mol. The summed E-state index contributed by atoms with van der Waals surface area (Å²) in [6.45, 7) is 6.00. The molecule has 7 heteroatoms. The molecule has 1 rings (SSSR count). The summed E-state index contributed by atoms with van der Waals surface area (Å²) < 4.78 is 5.59. The fraction of sp³-hybridized carbons (Fsp3) is 0.500. The molecule has 0 saturated heterocycles. The topological polar surface area (TPSA) is 66.0 Å². The largest absolute Gasteiger partial charge is 0.494 e. The molecule has 23 heavy (non-hydrogen) atoms. The zero-order chi connectivity index (χ0) is 16.4. The molecule has 0 unspecified atom stereocenters. The van der Waals surface area contributed by atoms with Crippen LogP contribution in [0.25, 0.3) is 0 Å². The molecule has 0 aliphatic carbocycles. The maximum Gasteiger partial charge on any atom is 0.241 e. The number of para-hydroxylation sites is 1. The van der Waals surface area contributed by atoms with Gasteiger partial charge in [0.15, 0.2) is 5.96 Å². The molecule has 130 valence electrons. The van der Waals surface area contributed by atoms with E-state index >= 15 is 0 Å². The van der Waals surface area contributed by atoms with E-state index in [-0.39, 0.29) is 36.4 Å². The van der Waals surface area contributed by atoms with Crippen LogP contribution in [0.5, 0.6) is 5.75 Å². The van der Waals surface area contributed by atoms with Gasteiger partial charge in [0, 0.05) is 26.2 Å². The standard InChI is InChI=1S/C16H26N4O2.HI/c1-5-17-16(19-12-15(21)20(3)4)18-11-13-9-7-8-10-14(13)22-6-2;/h7-10H,5-6,11-12H2,1-4H3,(H2,17,18,19);1H. The Hall–Kier alpha value is -1.51. The van der Waals surface area contributed by atoms with Gasteiger partial charge in [0.05, 0.1) is 19.7 Å². The minimum Gasteiger partial charge on any atom is -0.494 e. The van der Waals surface area contributed by atoms with Crippen molar-refractivity contribution in [1.29, 1.82) is 0 Å². The summed E-state index contributed by atoms with van der Waals surface area (Å²) in [5.41, 5.74) is 1.01. The summed E-state index contributed by atoms with van der Waals surface area (Å²) in [4.78, 5) is 17.7. The van der Waals surface area contributed by atoms with Gasteiger partial charge in [0.1, 0.15) is 5.75 Å². The Balaban J connectivity index is 0.00000484. The molecule has 0 aromatic heterocycles. The number of amides is 1. The Morgan fingerprint density at radius 3 is 2.52 bits per heavy atom. The van der Waals surface area contributed by atoms with E-state index in [0.717, 1.165) is 17.9 Å². The number of likely N-dealkylation sites (N-methyl/N-ethyl adjacent to an activating group) is 1. The fourth-order valence-corrected chi connectivity index (χ4v) is 1.75. The lowest BCUT2D eigenvalue weighted by Gasteiger charge is -2.14. The maximum atomic E-state index is 11.6. The Kier molecular flexibility index (Phi) is 11.2. The lowest BCUT2D eigenvalue weighted by molar-refractivity contribution is -0.127. The number of hydrogen-bond acceptors (Lipinski definition) is 3. The zero-order valence-electron chi connectivity index (χ0n) is 14.3. The summed E-state index contributed by atoms with van der Waals surface area (Å²) in [6.07, 6.45) is 0. The van der Waals surface area contributed by atoms with E-state index in [1.807, 2.05) is 38.1 Å². The van der Waals surface area contributed by atoms with E-state index in [0.29, 0.717) is 19.1 Å². The lowest BCUT2D eigenvalue weighted by atomic mass is 10.2. The van der Waals surface area contributed by atoms with Crippen LogP contribution in [0, 0.1) is 0 Å². The predicted molar refractivity (Wildman–Crippen MR) is 105 cm³/mol. The first-order valence-corrected chi connectivity index (χ1v) is 7.51. The van der Waals surface area contributed by atoms with Gasteiger partial charge in [-0.25, -0.2) is 4.99 Å². The van der Waals surface area contributed by atoms with Crippen molar-refractivity contribution in [2.75, 3.05) is 33.8 Å². The molecule has 0 heterocycles. The normalized spacial score (nSPS) is 10.5. The molecule has 0 spiro atoms. The van der Waals surface area contributed by atoms with Crippen molar-refractivity contribution in [3.05, 3.63) is 29.8 Å². The first kappa shape index (κ1) is 21.5. The molecule has 6 nitrogen and oxygen atoms in total. The van der Waals surface area contributed by atoms with Crippen LogP contribution in [0.2, 0.25) is 0 Å². The summed E-state index contributed by atoms with van der Waals surface area (Å²) in [5.74, 6) is 1.46. The first-order chi connectivity index (χ1) is 10.6. The number of guanidine groups is 1. The highest BCUT2D eigenvalue weighted by atomic mass is 127. The molecule has 1 amide bonds. The molecule has 0 bridgehead atoms. The van der Waals surface area contributed by atoms with Crippen LogP contribution in [0.1, 0.15) is 19.4 Å². The molecule has 0 aliphatic heterocycles. The summed E-state index contributed by atoms with van der Waals surface area (Å²) in [5, 5.41) is 6.16. The number of aliphatic imine (C=N–C) groups is 1. The van der Waals surface area contributed by atoms with Gasteiger partial charge in [-0.05, 0) is 19.9 Å². The van der Waals surface area contributed by atoms with Crippen molar-refractivity contribution >= 4 is 35.8 Å². The molecule has 1 aromatic rings. The monoisotopic (exact) mass is 434 g/mol. The third kappa shape index (κ3) is 8.06. The Labute approximate surface area is 155 Å². The average molecular weight is 434 g/mol. The van der Waals surface area contributed by atoms with E-state index in [2.05, 4.69) is 15.6 Å².